The third-order valence-electron chi connectivity index (χ3n) is 5.84. The van der Waals surface area contributed by atoms with Crippen molar-refractivity contribution in [1.29, 1.82) is 0 Å². The Balaban J connectivity index is 1.41. The van der Waals surface area contributed by atoms with E-state index >= 15 is 0 Å². The maximum absolute atomic E-state index is 13.0. The normalized spacial score (nSPS) is 24.4. The van der Waals surface area contributed by atoms with Crippen molar-refractivity contribution in [3.8, 4) is 11.5 Å². The Kier molecular flexibility index (Phi) is 4.87. The highest BCUT2D eigenvalue weighted by Crippen LogP contribution is 2.37. The van der Waals surface area contributed by atoms with Crippen LogP contribution in [0.15, 0.2) is 18.2 Å². The van der Waals surface area contributed by atoms with Crippen LogP contribution >= 0.6 is 0 Å². The Morgan fingerprint density at radius 3 is 2.75 bits per heavy atom. The van der Waals surface area contributed by atoms with Crippen LogP contribution < -0.4 is 20.1 Å². The number of fused-ring (bicyclic) bond motifs is 1. The zero-order chi connectivity index (χ0) is 19.7. The van der Waals surface area contributed by atoms with E-state index in [2.05, 4.69) is 10.6 Å². The monoisotopic (exact) mass is 387 g/mol. The minimum atomic E-state index is -1.25. The summed E-state index contributed by atoms with van der Waals surface area (Å²) in [6.07, 6.45) is 5.88. The van der Waals surface area contributed by atoms with Crippen LogP contribution in [0.4, 0.5) is 4.79 Å². The molecule has 0 radical (unpaired) electrons. The van der Waals surface area contributed by atoms with Gasteiger partial charge in [-0.15, -0.1) is 0 Å². The van der Waals surface area contributed by atoms with Crippen LogP contribution in [0, 0.1) is 5.92 Å². The maximum Gasteiger partial charge on any atom is 0.325 e. The molecule has 2 heterocycles. The second kappa shape index (κ2) is 7.33. The molecule has 1 saturated heterocycles. The average Bonchev–Trinajstić information content (AvgIpc) is 3.25. The molecule has 1 aliphatic carbocycles. The van der Waals surface area contributed by atoms with E-state index in [9.17, 15) is 14.4 Å². The molecule has 150 valence electrons. The van der Waals surface area contributed by atoms with Gasteiger partial charge in [-0.2, -0.15) is 0 Å². The van der Waals surface area contributed by atoms with Crippen molar-refractivity contribution in [2.24, 2.45) is 5.92 Å². The number of ether oxygens (including phenoxy) is 2. The molecule has 4 amide bonds. The number of carbonyl (C=O) groups is 3. The van der Waals surface area contributed by atoms with E-state index in [1.165, 1.54) is 19.3 Å². The van der Waals surface area contributed by atoms with E-state index in [-0.39, 0.29) is 19.2 Å². The van der Waals surface area contributed by atoms with Crippen LogP contribution in [0.25, 0.3) is 0 Å². The Bertz CT molecular complexity index is 805. The van der Waals surface area contributed by atoms with Gasteiger partial charge in [0.05, 0.1) is 0 Å². The summed E-state index contributed by atoms with van der Waals surface area (Å²) in [7, 11) is 0. The number of hydrogen-bond acceptors (Lipinski definition) is 5. The fraction of sp³-hybridized carbons (Fsp3) is 0.550. The molecule has 2 fully saturated rings. The topological polar surface area (TPSA) is 97.0 Å². The molecule has 0 bridgehead atoms. The van der Waals surface area contributed by atoms with Gasteiger partial charge in [0.2, 0.25) is 12.7 Å². The van der Waals surface area contributed by atoms with Crippen molar-refractivity contribution in [1.82, 2.24) is 15.5 Å². The molecule has 4 rings (SSSR count). The molecule has 2 N–H and O–H groups in total. The Labute approximate surface area is 163 Å². The van der Waals surface area contributed by atoms with Crippen molar-refractivity contribution in [3.05, 3.63) is 23.8 Å². The van der Waals surface area contributed by atoms with E-state index in [0.29, 0.717) is 29.5 Å². The van der Waals surface area contributed by atoms with Gasteiger partial charge in [-0.3, -0.25) is 14.5 Å². The highest BCUT2D eigenvalue weighted by atomic mass is 16.7. The molecule has 0 spiro atoms. The van der Waals surface area contributed by atoms with Crippen LogP contribution in [0.2, 0.25) is 0 Å². The molecule has 8 heteroatoms. The summed E-state index contributed by atoms with van der Waals surface area (Å²) in [6, 6.07) is 4.55. The van der Waals surface area contributed by atoms with Gasteiger partial charge in [-0.05, 0) is 43.4 Å². The largest absolute Gasteiger partial charge is 0.454 e. The number of imide groups is 1. The number of rotatable bonds is 5. The summed E-state index contributed by atoms with van der Waals surface area (Å²) in [5, 5.41) is 5.58. The Morgan fingerprint density at radius 1 is 1.21 bits per heavy atom. The number of nitrogens with zero attached hydrogens (tertiary/aromatic N) is 1. The van der Waals surface area contributed by atoms with Crippen molar-refractivity contribution >= 4 is 17.8 Å². The number of urea groups is 1. The molecule has 0 aromatic heterocycles. The van der Waals surface area contributed by atoms with Gasteiger partial charge in [0.15, 0.2) is 11.5 Å². The van der Waals surface area contributed by atoms with E-state index in [1.54, 1.807) is 25.1 Å². The van der Waals surface area contributed by atoms with Crippen LogP contribution in [0.5, 0.6) is 11.5 Å². The number of nitrogens with one attached hydrogen (secondary N) is 2. The summed E-state index contributed by atoms with van der Waals surface area (Å²) in [6.45, 7) is 2.08. The summed E-state index contributed by atoms with van der Waals surface area (Å²) >= 11 is 0. The quantitative estimate of drug-likeness (QED) is 0.752. The lowest BCUT2D eigenvalue weighted by atomic mass is 9.89. The summed E-state index contributed by atoms with van der Waals surface area (Å²) < 4.78 is 10.7. The van der Waals surface area contributed by atoms with Gasteiger partial charge >= 0.3 is 6.03 Å². The summed E-state index contributed by atoms with van der Waals surface area (Å²) in [5.41, 5.74) is -0.665. The first kappa shape index (κ1) is 18.6. The van der Waals surface area contributed by atoms with Crippen molar-refractivity contribution in [2.75, 3.05) is 19.9 Å². The van der Waals surface area contributed by atoms with E-state index in [0.717, 1.165) is 17.7 Å². The lowest BCUT2D eigenvalue weighted by molar-refractivity contribution is -0.134. The molecule has 1 saturated carbocycles. The molecule has 1 aromatic carbocycles. The summed E-state index contributed by atoms with van der Waals surface area (Å²) in [4.78, 5) is 38.7. The zero-order valence-corrected chi connectivity index (χ0v) is 16.0. The second-order valence-corrected chi connectivity index (χ2v) is 7.82. The van der Waals surface area contributed by atoms with Gasteiger partial charge in [0, 0.05) is 6.54 Å². The minimum Gasteiger partial charge on any atom is -0.454 e. The predicted molar refractivity (Wildman–Crippen MR) is 99.7 cm³/mol. The highest BCUT2D eigenvalue weighted by Gasteiger charge is 2.49. The van der Waals surface area contributed by atoms with Gasteiger partial charge in [0.25, 0.3) is 5.91 Å². The second-order valence-electron chi connectivity index (χ2n) is 7.82. The van der Waals surface area contributed by atoms with Gasteiger partial charge < -0.3 is 20.1 Å². The van der Waals surface area contributed by atoms with Crippen LogP contribution in [0.1, 0.15) is 44.6 Å². The van der Waals surface area contributed by atoms with E-state index < -0.39 is 17.5 Å². The van der Waals surface area contributed by atoms with Crippen LogP contribution in [-0.4, -0.2) is 42.6 Å². The number of benzene rings is 1. The SMILES string of the molecule is C[C@@]1(c2ccc3c(c2)OCO3)NC(=O)N(CC(=O)NCC2CCCCC2)C1=O. The summed E-state index contributed by atoms with van der Waals surface area (Å²) in [5.74, 6) is 0.848. The number of amides is 4. The highest BCUT2D eigenvalue weighted by molar-refractivity contribution is 6.09. The molecular formula is C20H25N3O5. The first-order valence-corrected chi connectivity index (χ1v) is 9.78. The maximum atomic E-state index is 13.0. The number of carbonyl (C=O) groups excluding carboxylic acids is 3. The Hall–Kier alpha value is -2.77. The molecule has 8 nitrogen and oxygen atoms in total. The lowest BCUT2D eigenvalue weighted by Crippen LogP contribution is -2.44. The molecule has 1 aromatic rings. The fourth-order valence-electron chi connectivity index (χ4n) is 4.09. The smallest absolute Gasteiger partial charge is 0.325 e. The molecular weight excluding hydrogens is 362 g/mol. The predicted octanol–water partition coefficient (Wildman–Crippen LogP) is 1.88. The molecule has 2 aliphatic heterocycles. The van der Waals surface area contributed by atoms with Gasteiger partial charge in [0.1, 0.15) is 12.1 Å². The van der Waals surface area contributed by atoms with E-state index in [4.69, 9.17) is 9.47 Å². The third kappa shape index (κ3) is 3.39. The van der Waals surface area contributed by atoms with Gasteiger partial charge in [-0.25, -0.2) is 4.79 Å². The lowest BCUT2D eigenvalue weighted by Gasteiger charge is -2.23. The van der Waals surface area contributed by atoms with E-state index in [1.807, 2.05) is 0 Å². The zero-order valence-electron chi connectivity index (χ0n) is 16.0. The third-order valence-corrected chi connectivity index (χ3v) is 5.84. The van der Waals surface area contributed by atoms with Crippen LogP contribution in [-0.2, 0) is 15.1 Å². The van der Waals surface area contributed by atoms with Crippen molar-refractivity contribution in [2.45, 2.75) is 44.6 Å². The first-order valence-electron chi connectivity index (χ1n) is 9.78. The Morgan fingerprint density at radius 2 is 1.96 bits per heavy atom. The molecule has 0 unspecified atom stereocenters. The average molecular weight is 387 g/mol. The van der Waals surface area contributed by atoms with Crippen molar-refractivity contribution < 1.29 is 23.9 Å². The standard InChI is InChI=1S/C20H25N3O5/c1-20(14-7-8-15-16(9-14)28-12-27-15)18(25)23(19(26)22-20)11-17(24)21-10-13-5-3-2-4-6-13/h7-9,13H,2-6,10-12H2,1H3,(H,21,24)(H,22,26)/t20-/m0/s1. The minimum absolute atomic E-state index is 0.128. The molecule has 1 atom stereocenters. The van der Waals surface area contributed by atoms with Gasteiger partial charge in [-0.1, -0.05) is 25.3 Å². The van der Waals surface area contributed by atoms with Crippen molar-refractivity contribution in [3.63, 3.8) is 0 Å². The first-order chi connectivity index (χ1) is 13.5. The van der Waals surface area contributed by atoms with Crippen LogP contribution in [0.3, 0.4) is 0 Å². The molecule has 28 heavy (non-hydrogen) atoms. The fourth-order valence-corrected chi connectivity index (χ4v) is 4.09. The molecule has 3 aliphatic rings. The number of hydrogen-bond donors (Lipinski definition) is 2.